The van der Waals surface area contributed by atoms with Crippen LogP contribution < -0.4 is 4.74 Å². The van der Waals surface area contributed by atoms with E-state index in [0.717, 1.165) is 28.4 Å². The van der Waals surface area contributed by atoms with Gasteiger partial charge in [0.05, 0.1) is 14.1 Å². The van der Waals surface area contributed by atoms with Crippen LogP contribution >= 0.6 is 23.2 Å². The summed E-state index contributed by atoms with van der Waals surface area (Å²) in [4.78, 5) is 0. The van der Waals surface area contributed by atoms with Gasteiger partial charge in [0.1, 0.15) is 31.5 Å². The highest BCUT2D eigenvalue weighted by atomic mass is 35.5. The number of aliphatic hydroxyl groups is 1. The second kappa shape index (κ2) is 8.21. The van der Waals surface area contributed by atoms with Crippen molar-refractivity contribution in [2.75, 3.05) is 27.2 Å². The fourth-order valence-electron chi connectivity index (χ4n) is 2.74. The van der Waals surface area contributed by atoms with E-state index in [1.54, 1.807) is 6.07 Å². The molecule has 0 fully saturated rings. The van der Waals surface area contributed by atoms with Gasteiger partial charge in [0, 0.05) is 15.6 Å². The molecule has 0 radical (unpaired) electrons. The molecule has 5 heteroatoms. The quantitative estimate of drug-likeness (QED) is 0.737. The molecule has 0 saturated heterocycles. The molecule has 2 aromatic carbocycles. The maximum Gasteiger partial charge on any atom is 0.137 e. The van der Waals surface area contributed by atoms with Gasteiger partial charge in [-0.25, -0.2) is 0 Å². The van der Waals surface area contributed by atoms with Crippen LogP contribution in [-0.4, -0.2) is 42.9 Å². The lowest BCUT2D eigenvalue weighted by molar-refractivity contribution is -0.906. The fraction of sp³-hybridized carbons (Fsp3) is 0.368. The molecular weight excluding hydrogens is 345 g/mol. The molecule has 1 N–H and O–H groups in total. The van der Waals surface area contributed by atoms with Crippen molar-refractivity contribution >= 4 is 23.2 Å². The lowest BCUT2D eigenvalue weighted by Gasteiger charge is -2.32. The van der Waals surface area contributed by atoms with E-state index in [1.807, 2.05) is 43.3 Å². The van der Waals surface area contributed by atoms with Gasteiger partial charge < -0.3 is 14.3 Å². The number of nitrogens with zero attached hydrogens (tertiary/aromatic N) is 1. The minimum absolute atomic E-state index is 0.243. The molecule has 0 aliphatic rings. The summed E-state index contributed by atoms with van der Waals surface area (Å²) in [6.07, 6.45) is -0.572. The number of rotatable bonds is 7. The predicted molar refractivity (Wildman–Crippen MR) is 99.8 cm³/mol. The van der Waals surface area contributed by atoms with Crippen molar-refractivity contribution in [1.82, 2.24) is 0 Å². The van der Waals surface area contributed by atoms with Gasteiger partial charge in [-0.15, -0.1) is 0 Å². The van der Waals surface area contributed by atoms with Crippen LogP contribution in [0.15, 0.2) is 42.5 Å². The largest absolute Gasteiger partial charge is 0.490 e. The van der Waals surface area contributed by atoms with Gasteiger partial charge in [-0.1, -0.05) is 41.4 Å². The Balaban J connectivity index is 1.90. The molecule has 24 heavy (non-hydrogen) atoms. The number of benzene rings is 2. The molecule has 0 spiro atoms. The number of aryl methyl sites for hydroxylation is 1. The average Bonchev–Trinajstić information content (AvgIpc) is 2.48. The Labute approximate surface area is 154 Å². The molecule has 1 atom stereocenters. The molecule has 0 aliphatic heterocycles. The van der Waals surface area contributed by atoms with Crippen molar-refractivity contribution in [3.8, 4) is 5.75 Å². The molecule has 0 bridgehead atoms. The van der Waals surface area contributed by atoms with Crippen molar-refractivity contribution in [2.45, 2.75) is 19.6 Å². The van der Waals surface area contributed by atoms with Crippen LogP contribution in [0.4, 0.5) is 0 Å². The van der Waals surface area contributed by atoms with E-state index in [2.05, 4.69) is 14.1 Å². The molecule has 0 aliphatic carbocycles. The van der Waals surface area contributed by atoms with Gasteiger partial charge in [0.25, 0.3) is 0 Å². The molecule has 2 aromatic rings. The standard InChI is InChI=1S/C19H24Cl2NO2/c1-14-10-16(20)8-9-19(14)24-13-17(23)12-22(2,3)11-15-6-4-5-7-18(15)21/h4-10,17,23H,11-13H2,1-3H3/q+1. The SMILES string of the molecule is Cc1cc(Cl)ccc1OCC(O)C[N+](C)(C)Cc1ccccc1Cl. The van der Waals surface area contributed by atoms with Crippen LogP contribution in [0.5, 0.6) is 5.75 Å². The van der Waals surface area contributed by atoms with Gasteiger partial charge in [0.15, 0.2) is 0 Å². The van der Waals surface area contributed by atoms with E-state index < -0.39 is 6.10 Å². The molecule has 2 rings (SSSR count). The molecule has 0 heterocycles. The Bertz CT molecular complexity index is 689. The first-order valence-corrected chi connectivity index (χ1v) is 8.65. The Morgan fingerprint density at radius 2 is 1.83 bits per heavy atom. The van der Waals surface area contributed by atoms with Gasteiger partial charge in [-0.05, 0) is 36.8 Å². The van der Waals surface area contributed by atoms with Crippen LogP contribution in [0.1, 0.15) is 11.1 Å². The summed E-state index contributed by atoms with van der Waals surface area (Å²) >= 11 is 12.2. The first kappa shape index (κ1) is 19.1. The minimum Gasteiger partial charge on any atom is -0.490 e. The van der Waals surface area contributed by atoms with Gasteiger partial charge in [-0.2, -0.15) is 0 Å². The second-order valence-corrected chi connectivity index (χ2v) is 7.59. The maximum absolute atomic E-state index is 10.3. The van der Waals surface area contributed by atoms with E-state index in [1.165, 1.54) is 0 Å². The van der Waals surface area contributed by atoms with Crippen molar-refractivity contribution in [3.05, 3.63) is 63.6 Å². The zero-order chi connectivity index (χ0) is 17.7. The highest BCUT2D eigenvalue weighted by Gasteiger charge is 2.22. The zero-order valence-electron chi connectivity index (χ0n) is 14.3. The predicted octanol–water partition coefficient (Wildman–Crippen LogP) is 4.32. The molecule has 1 unspecified atom stereocenters. The number of quaternary nitrogens is 1. The molecule has 0 amide bonds. The lowest BCUT2D eigenvalue weighted by Crippen LogP contribution is -2.46. The third kappa shape index (κ3) is 5.67. The van der Waals surface area contributed by atoms with Crippen molar-refractivity contribution in [1.29, 1.82) is 0 Å². The molecule has 3 nitrogen and oxygen atoms in total. The molecular formula is C19H24Cl2NO2+. The summed E-state index contributed by atoms with van der Waals surface area (Å²) in [6.45, 7) is 3.49. The Morgan fingerprint density at radius 3 is 2.50 bits per heavy atom. The minimum atomic E-state index is -0.572. The Kier molecular flexibility index (Phi) is 6.53. The van der Waals surface area contributed by atoms with Crippen LogP contribution in [-0.2, 0) is 6.54 Å². The Hall–Kier alpha value is -1.26. The third-order valence-corrected chi connectivity index (χ3v) is 4.43. The lowest BCUT2D eigenvalue weighted by atomic mass is 10.2. The average molecular weight is 369 g/mol. The highest BCUT2D eigenvalue weighted by Crippen LogP contribution is 2.22. The summed E-state index contributed by atoms with van der Waals surface area (Å²) in [7, 11) is 4.14. The maximum atomic E-state index is 10.3. The normalized spacial score (nSPS) is 12.9. The van der Waals surface area contributed by atoms with Crippen molar-refractivity contribution in [2.24, 2.45) is 0 Å². The smallest absolute Gasteiger partial charge is 0.137 e. The molecule has 0 aromatic heterocycles. The van der Waals surface area contributed by atoms with Gasteiger partial charge in [-0.3, -0.25) is 0 Å². The number of aliphatic hydroxyl groups excluding tert-OH is 1. The van der Waals surface area contributed by atoms with E-state index in [4.69, 9.17) is 27.9 Å². The van der Waals surface area contributed by atoms with E-state index in [-0.39, 0.29) is 6.61 Å². The summed E-state index contributed by atoms with van der Waals surface area (Å²) in [5.41, 5.74) is 2.03. The van der Waals surface area contributed by atoms with Crippen LogP contribution in [0.2, 0.25) is 10.0 Å². The van der Waals surface area contributed by atoms with Crippen LogP contribution in [0.3, 0.4) is 0 Å². The highest BCUT2D eigenvalue weighted by molar-refractivity contribution is 6.31. The molecule has 130 valence electrons. The topological polar surface area (TPSA) is 29.5 Å². The monoisotopic (exact) mass is 368 g/mol. The first-order chi connectivity index (χ1) is 11.3. The molecule has 0 saturated carbocycles. The summed E-state index contributed by atoms with van der Waals surface area (Å²) in [5.74, 6) is 0.745. The number of hydrogen-bond donors (Lipinski definition) is 1. The van der Waals surface area contributed by atoms with Crippen molar-refractivity contribution < 1.29 is 14.3 Å². The number of likely N-dealkylation sites (N-methyl/N-ethyl adjacent to an activating group) is 1. The third-order valence-electron chi connectivity index (χ3n) is 3.83. The fourth-order valence-corrected chi connectivity index (χ4v) is 3.16. The van der Waals surface area contributed by atoms with Gasteiger partial charge in [0.2, 0.25) is 0 Å². The summed E-state index contributed by atoms with van der Waals surface area (Å²) < 4.78 is 6.35. The van der Waals surface area contributed by atoms with Crippen LogP contribution in [0, 0.1) is 6.92 Å². The van der Waals surface area contributed by atoms with Gasteiger partial charge >= 0.3 is 0 Å². The summed E-state index contributed by atoms with van der Waals surface area (Å²) in [6, 6.07) is 13.3. The zero-order valence-corrected chi connectivity index (χ0v) is 15.8. The van der Waals surface area contributed by atoms with Crippen molar-refractivity contribution in [3.63, 3.8) is 0 Å². The Morgan fingerprint density at radius 1 is 1.12 bits per heavy atom. The number of halogens is 2. The van der Waals surface area contributed by atoms with Crippen LogP contribution in [0.25, 0.3) is 0 Å². The number of hydrogen-bond acceptors (Lipinski definition) is 2. The van der Waals surface area contributed by atoms with E-state index in [0.29, 0.717) is 16.1 Å². The first-order valence-electron chi connectivity index (χ1n) is 7.89. The summed E-state index contributed by atoms with van der Waals surface area (Å²) in [5, 5.41) is 11.8. The second-order valence-electron chi connectivity index (χ2n) is 6.74. The number of ether oxygens (including phenoxy) is 1. The van der Waals surface area contributed by atoms with E-state index in [9.17, 15) is 5.11 Å². The van der Waals surface area contributed by atoms with E-state index >= 15 is 0 Å².